The van der Waals surface area contributed by atoms with E-state index in [1.165, 1.54) is 29.0 Å². The summed E-state index contributed by atoms with van der Waals surface area (Å²) in [7, 11) is -3.88. The zero-order chi connectivity index (χ0) is 21.3. The molecule has 1 aliphatic rings. The van der Waals surface area contributed by atoms with Crippen LogP contribution in [0.15, 0.2) is 53.4 Å². The van der Waals surface area contributed by atoms with Crippen LogP contribution in [0.2, 0.25) is 0 Å². The normalized spacial score (nSPS) is 14.3. The van der Waals surface area contributed by atoms with Gasteiger partial charge in [-0.1, -0.05) is 36.4 Å². The van der Waals surface area contributed by atoms with Crippen LogP contribution in [0.1, 0.15) is 32.1 Å². The Hall–Kier alpha value is -2.59. The number of carbonyl (C=O) groups is 1. The lowest BCUT2D eigenvalue weighted by Gasteiger charge is -2.25. The number of benzene rings is 2. The van der Waals surface area contributed by atoms with Crippen molar-refractivity contribution in [1.29, 1.82) is 0 Å². The highest BCUT2D eigenvalue weighted by Crippen LogP contribution is 2.29. The fraction of sp³-hybridized carbons (Fsp3) is 0.238. The number of amides is 1. The number of sulfonamides is 1. The number of hydrogen-bond acceptors (Lipinski definition) is 6. The van der Waals surface area contributed by atoms with Crippen LogP contribution in [0.5, 0.6) is 0 Å². The summed E-state index contributed by atoms with van der Waals surface area (Å²) in [5.74, 6) is -0.398. The van der Waals surface area contributed by atoms with Crippen LogP contribution >= 0.6 is 11.3 Å². The molecule has 0 bridgehead atoms. The smallest absolute Gasteiger partial charge is 0.257 e. The van der Waals surface area contributed by atoms with E-state index in [1.807, 2.05) is 18.2 Å². The van der Waals surface area contributed by atoms with Gasteiger partial charge in [0.15, 0.2) is 5.13 Å². The summed E-state index contributed by atoms with van der Waals surface area (Å²) in [6.45, 7) is 4.32. The second kappa shape index (κ2) is 8.27. The molecular weight excluding hydrogens is 420 g/mol. The number of nitrogens with zero attached hydrogens (tertiary/aromatic N) is 2. The molecule has 0 radical (unpaired) electrons. The van der Waals surface area contributed by atoms with Gasteiger partial charge in [0, 0.05) is 36.5 Å². The van der Waals surface area contributed by atoms with Gasteiger partial charge in [0.2, 0.25) is 10.0 Å². The topological polar surface area (TPSA) is 105 Å². The first kappa shape index (κ1) is 20.7. The highest BCUT2D eigenvalue weighted by molar-refractivity contribution is 7.89. The van der Waals surface area contributed by atoms with Gasteiger partial charge < -0.3 is 0 Å². The number of nitrogens with one attached hydrogen (secondary N) is 1. The fourth-order valence-corrected chi connectivity index (χ4v) is 5.05. The van der Waals surface area contributed by atoms with Crippen LogP contribution in [0.25, 0.3) is 0 Å². The molecule has 0 unspecified atom stereocenters. The highest BCUT2D eigenvalue weighted by atomic mass is 32.2. The highest BCUT2D eigenvalue weighted by Gasteiger charge is 2.22. The fourth-order valence-electron chi connectivity index (χ4n) is 3.47. The Balaban J connectivity index is 1.48. The first-order valence-corrected chi connectivity index (χ1v) is 11.9. The average Bonchev–Trinajstić information content (AvgIpc) is 3.09. The third-order valence-electron chi connectivity index (χ3n) is 5.06. The number of carbonyl (C=O) groups excluding carboxylic acids is 1. The first-order valence-electron chi connectivity index (χ1n) is 9.49. The summed E-state index contributed by atoms with van der Waals surface area (Å²) in [6.07, 6.45) is 0.828. The Morgan fingerprint density at radius 2 is 2.00 bits per heavy atom. The zero-order valence-corrected chi connectivity index (χ0v) is 18.1. The predicted octanol–water partition coefficient (Wildman–Crippen LogP) is 2.91. The molecule has 156 valence electrons. The maximum Gasteiger partial charge on any atom is 0.257 e. The third-order valence-corrected chi connectivity index (χ3v) is 6.97. The summed E-state index contributed by atoms with van der Waals surface area (Å²) >= 11 is 1.46. The molecule has 0 fully saturated rings. The molecule has 0 saturated carbocycles. The molecule has 2 aromatic carbocycles. The second-order valence-corrected chi connectivity index (χ2v) is 9.96. The Kier molecular flexibility index (Phi) is 5.70. The minimum Gasteiger partial charge on any atom is -0.298 e. The van der Waals surface area contributed by atoms with Crippen molar-refractivity contribution in [2.45, 2.75) is 31.3 Å². The molecule has 30 heavy (non-hydrogen) atoms. The van der Waals surface area contributed by atoms with Crippen LogP contribution in [-0.4, -0.2) is 30.8 Å². The van der Waals surface area contributed by atoms with Gasteiger partial charge in [-0.3, -0.25) is 15.0 Å². The number of primary sulfonamides is 1. The summed E-state index contributed by atoms with van der Waals surface area (Å²) in [5.41, 5.74) is 3.20. The van der Waals surface area contributed by atoms with Crippen molar-refractivity contribution in [2.24, 2.45) is 5.14 Å². The lowest BCUT2D eigenvalue weighted by Crippen LogP contribution is -2.29. The Morgan fingerprint density at radius 3 is 2.73 bits per heavy atom. The van der Waals surface area contributed by atoms with Crippen molar-refractivity contribution < 1.29 is 13.2 Å². The summed E-state index contributed by atoms with van der Waals surface area (Å²) in [5, 5.41) is 8.52. The van der Waals surface area contributed by atoms with Gasteiger partial charge in [-0.25, -0.2) is 18.5 Å². The lowest BCUT2D eigenvalue weighted by molar-refractivity contribution is 0.102. The van der Waals surface area contributed by atoms with Crippen LogP contribution < -0.4 is 10.5 Å². The molecule has 0 aliphatic carbocycles. The van der Waals surface area contributed by atoms with E-state index in [0.29, 0.717) is 10.7 Å². The minimum absolute atomic E-state index is 0.0896. The second-order valence-electron chi connectivity index (χ2n) is 7.31. The van der Waals surface area contributed by atoms with E-state index in [2.05, 4.69) is 27.3 Å². The maximum atomic E-state index is 12.7. The van der Waals surface area contributed by atoms with Gasteiger partial charge in [-0.15, -0.1) is 11.3 Å². The van der Waals surface area contributed by atoms with Gasteiger partial charge in [-0.2, -0.15) is 0 Å². The predicted molar refractivity (Wildman–Crippen MR) is 117 cm³/mol. The summed E-state index contributed by atoms with van der Waals surface area (Å²) < 4.78 is 23.2. The van der Waals surface area contributed by atoms with Crippen molar-refractivity contribution in [3.05, 3.63) is 75.8 Å². The van der Waals surface area contributed by atoms with E-state index >= 15 is 0 Å². The molecule has 7 nitrogen and oxygen atoms in total. The lowest BCUT2D eigenvalue weighted by atomic mass is 10.1. The van der Waals surface area contributed by atoms with E-state index < -0.39 is 15.9 Å². The molecule has 1 aromatic heterocycles. The van der Waals surface area contributed by atoms with E-state index in [1.54, 1.807) is 13.0 Å². The van der Waals surface area contributed by atoms with Gasteiger partial charge in [0.05, 0.1) is 10.6 Å². The first-order chi connectivity index (χ1) is 14.3. The van der Waals surface area contributed by atoms with E-state index in [4.69, 9.17) is 5.14 Å². The molecule has 9 heteroatoms. The van der Waals surface area contributed by atoms with Gasteiger partial charge in [0.1, 0.15) is 0 Å². The number of fused-ring (bicyclic) bond motifs is 1. The number of anilines is 1. The van der Waals surface area contributed by atoms with E-state index in [-0.39, 0.29) is 10.5 Å². The van der Waals surface area contributed by atoms with E-state index in [0.717, 1.165) is 36.6 Å². The van der Waals surface area contributed by atoms with Crippen LogP contribution in [0, 0.1) is 6.92 Å². The molecule has 3 N–H and O–H groups in total. The van der Waals surface area contributed by atoms with Crippen molar-refractivity contribution in [1.82, 2.24) is 9.88 Å². The molecule has 4 rings (SSSR count). The maximum absolute atomic E-state index is 12.7. The van der Waals surface area contributed by atoms with Gasteiger partial charge in [-0.05, 0) is 30.2 Å². The number of thiazole rings is 1. The summed E-state index contributed by atoms with van der Waals surface area (Å²) in [6, 6.07) is 14.6. The molecule has 1 amide bonds. The molecule has 3 aromatic rings. The summed E-state index contributed by atoms with van der Waals surface area (Å²) in [4.78, 5) is 20.7. The Morgan fingerprint density at radius 1 is 1.23 bits per heavy atom. The Labute approximate surface area is 179 Å². The minimum atomic E-state index is -3.88. The van der Waals surface area contributed by atoms with Crippen molar-refractivity contribution >= 4 is 32.4 Å². The van der Waals surface area contributed by atoms with Gasteiger partial charge in [0.25, 0.3) is 5.91 Å². The largest absolute Gasteiger partial charge is 0.298 e. The number of nitrogens with two attached hydrogens (primary N) is 1. The number of aryl methyl sites for hydroxylation is 1. The van der Waals surface area contributed by atoms with Crippen LogP contribution in [0.4, 0.5) is 5.13 Å². The zero-order valence-electron chi connectivity index (χ0n) is 16.5. The van der Waals surface area contributed by atoms with Crippen molar-refractivity contribution in [2.75, 3.05) is 11.9 Å². The van der Waals surface area contributed by atoms with Crippen LogP contribution in [0.3, 0.4) is 0 Å². The Bertz CT molecular complexity index is 1190. The van der Waals surface area contributed by atoms with Crippen LogP contribution in [-0.2, 0) is 29.5 Å². The molecular formula is C21H22N4O3S2. The number of hydrogen-bond donors (Lipinski definition) is 2. The third kappa shape index (κ3) is 4.59. The molecule has 1 aliphatic heterocycles. The monoisotopic (exact) mass is 442 g/mol. The SMILES string of the molecule is Cc1ccc(S(N)(=O)=O)cc1C(=O)Nc1nc2c(s1)CN(Cc1ccccc1)CC2. The number of aromatic nitrogens is 1. The molecule has 2 heterocycles. The quantitative estimate of drug-likeness (QED) is 0.632. The molecule has 0 spiro atoms. The standard InChI is InChI=1S/C21H22N4O3S2/c1-14-7-8-16(30(22,27)28)11-17(14)20(26)24-21-23-18-9-10-25(13-19(18)29-21)12-15-5-3-2-4-6-15/h2-8,11H,9-10,12-13H2,1H3,(H2,22,27,28)(H,23,24,26). The average molecular weight is 443 g/mol. The number of rotatable bonds is 5. The van der Waals surface area contributed by atoms with Crippen molar-refractivity contribution in [3.63, 3.8) is 0 Å². The van der Waals surface area contributed by atoms with Crippen molar-refractivity contribution in [3.8, 4) is 0 Å². The van der Waals surface area contributed by atoms with E-state index in [9.17, 15) is 13.2 Å². The molecule has 0 saturated heterocycles. The van der Waals surface area contributed by atoms with Gasteiger partial charge >= 0.3 is 0 Å². The molecule has 0 atom stereocenters.